The zero-order valence-corrected chi connectivity index (χ0v) is 8.45. The minimum Gasteiger partial charge on any atom is -0.366 e. The number of imidazole rings is 1. The Morgan fingerprint density at radius 3 is 2.92 bits per heavy atom. The Hall–Kier alpha value is -1.09. The van der Waals surface area contributed by atoms with Crippen molar-refractivity contribution in [2.45, 2.75) is 6.92 Å². The number of aromatic nitrogens is 2. The predicted octanol–water partition coefficient (Wildman–Crippen LogP) is -0.0150. The molecule has 1 aromatic rings. The minimum atomic E-state index is -0.0735. The zero-order valence-electron chi connectivity index (χ0n) is 7.29. The number of anilines is 1. The van der Waals surface area contributed by atoms with Gasteiger partial charge in [0.25, 0.3) is 5.91 Å². The van der Waals surface area contributed by atoms with Crippen molar-refractivity contribution in [3.63, 3.8) is 0 Å². The number of carbonyl (C=O) groups is 1. The van der Waals surface area contributed by atoms with E-state index < -0.39 is 0 Å². The maximum absolute atomic E-state index is 11.5. The minimum absolute atomic E-state index is 0.0735. The molecule has 0 fully saturated rings. The van der Waals surface area contributed by atoms with E-state index in [9.17, 15) is 4.79 Å². The lowest BCUT2D eigenvalue weighted by atomic mass is 10.4. The molecule has 1 aliphatic rings. The average molecular weight is 198 g/mol. The molecule has 1 aromatic heterocycles. The second-order valence-corrected chi connectivity index (χ2v) is 3.43. The third-order valence-electron chi connectivity index (χ3n) is 2.01. The Labute approximate surface area is 78.2 Å². The van der Waals surface area contributed by atoms with Gasteiger partial charge in [-0.25, -0.2) is 4.98 Å². The smallest absolute Gasteiger partial charge is 0.272 e. The standard InChI is InChI=1S/C7H11N4OP/c1-4-10-6-5(11(4)13)7(12)9-3-2-8-6/h8H,2-3,13H2,1H3,(H,9,12). The van der Waals surface area contributed by atoms with Crippen LogP contribution in [0.4, 0.5) is 5.82 Å². The van der Waals surface area contributed by atoms with Crippen molar-refractivity contribution in [1.82, 2.24) is 14.6 Å². The van der Waals surface area contributed by atoms with Gasteiger partial charge in [-0.3, -0.25) is 4.79 Å². The fraction of sp³-hybridized carbons (Fsp3) is 0.429. The van der Waals surface area contributed by atoms with Crippen molar-refractivity contribution in [3.8, 4) is 0 Å². The van der Waals surface area contributed by atoms with Gasteiger partial charge in [0.05, 0.1) is 0 Å². The molecular weight excluding hydrogens is 187 g/mol. The SMILES string of the molecule is Cc1nc2c(n1P)C(=O)NCCN2. The van der Waals surface area contributed by atoms with Crippen LogP contribution in [0.15, 0.2) is 0 Å². The molecule has 5 nitrogen and oxygen atoms in total. The fourth-order valence-corrected chi connectivity index (χ4v) is 1.62. The summed E-state index contributed by atoms with van der Waals surface area (Å²) in [5.74, 6) is 1.40. The summed E-state index contributed by atoms with van der Waals surface area (Å²) < 4.78 is 1.71. The van der Waals surface area contributed by atoms with E-state index in [1.807, 2.05) is 6.92 Å². The lowest BCUT2D eigenvalue weighted by molar-refractivity contribution is 0.0952. The monoisotopic (exact) mass is 198 g/mol. The maximum Gasteiger partial charge on any atom is 0.272 e. The third kappa shape index (κ3) is 1.29. The molecule has 70 valence electrons. The van der Waals surface area contributed by atoms with Gasteiger partial charge in [0, 0.05) is 13.1 Å². The van der Waals surface area contributed by atoms with Gasteiger partial charge in [0.2, 0.25) is 0 Å². The predicted molar refractivity (Wildman–Crippen MR) is 52.9 cm³/mol. The Bertz CT molecular complexity index is 360. The fourth-order valence-electron chi connectivity index (χ4n) is 1.33. The summed E-state index contributed by atoms with van der Waals surface area (Å²) in [6.07, 6.45) is 0. The number of carbonyl (C=O) groups excluding carboxylic acids is 1. The summed E-state index contributed by atoms with van der Waals surface area (Å²) >= 11 is 0. The number of nitrogens with one attached hydrogen (secondary N) is 2. The van der Waals surface area contributed by atoms with Gasteiger partial charge in [0.15, 0.2) is 11.5 Å². The Morgan fingerprint density at radius 2 is 2.15 bits per heavy atom. The molecule has 0 saturated carbocycles. The second-order valence-electron chi connectivity index (χ2n) is 2.91. The van der Waals surface area contributed by atoms with Crippen molar-refractivity contribution >= 4 is 21.1 Å². The van der Waals surface area contributed by atoms with Crippen LogP contribution in [-0.4, -0.2) is 28.3 Å². The van der Waals surface area contributed by atoms with E-state index in [2.05, 4.69) is 25.0 Å². The summed E-state index contributed by atoms with van der Waals surface area (Å²) in [5.41, 5.74) is 0.583. The average Bonchev–Trinajstić information content (AvgIpc) is 2.29. The van der Waals surface area contributed by atoms with Crippen LogP contribution in [0, 0.1) is 6.92 Å². The largest absolute Gasteiger partial charge is 0.366 e. The second kappa shape index (κ2) is 3.00. The Balaban J connectivity index is 2.54. The van der Waals surface area contributed by atoms with Crippen molar-refractivity contribution in [1.29, 1.82) is 0 Å². The topological polar surface area (TPSA) is 59.0 Å². The van der Waals surface area contributed by atoms with Gasteiger partial charge in [-0.05, 0) is 16.3 Å². The number of fused-ring (bicyclic) bond motifs is 1. The van der Waals surface area contributed by atoms with E-state index >= 15 is 0 Å². The highest BCUT2D eigenvalue weighted by Gasteiger charge is 2.21. The van der Waals surface area contributed by atoms with Crippen LogP contribution < -0.4 is 10.6 Å². The molecule has 1 atom stereocenters. The van der Waals surface area contributed by atoms with Gasteiger partial charge in [0.1, 0.15) is 5.82 Å². The summed E-state index contributed by atoms with van der Waals surface area (Å²) in [5, 5.41) is 5.87. The maximum atomic E-state index is 11.5. The van der Waals surface area contributed by atoms with Gasteiger partial charge in [-0.15, -0.1) is 0 Å². The Morgan fingerprint density at radius 1 is 1.46 bits per heavy atom. The highest BCUT2D eigenvalue weighted by molar-refractivity contribution is 7.14. The summed E-state index contributed by atoms with van der Waals surface area (Å²) in [7, 11) is 2.47. The lowest BCUT2D eigenvalue weighted by Crippen LogP contribution is -2.25. The quantitative estimate of drug-likeness (QED) is 0.576. The molecular formula is C7H11N4OP. The molecule has 0 saturated heterocycles. The molecule has 0 bridgehead atoms. The number of amides is 1. The van der Waals surface area contributed by atoms with Gasteiger partial charge < -0.3 is 15.0 Å². The number of hydrogen-bond donors (Lipinski definition) is 2. The molecule has 2 rings (SSSR count). The summed E-state index contributed by atoms with van der Waals surface area (Å²) in [6, 6.07) is 0. The van der Waals surface area contributed by atoms with Crippen molar-refractivity contribution in [3.05, 3.63) is 11.5 Å². The van der Waals surface area contributed by atoms with E-state index in [-0.39, 0.29) is 5.91 Å². The molecule has 2 N–H and O–H groups in total. The normalized spacial score (nSPS) is 15.7. The van der Waals surface area contributed by atoms with Crippen LogP contribution in [0.2, 0.25) is 0 Å². The number of rotatable bonds is 0. The molecule has 0 aliphatic carbocycles. The highest BCUT2D eigenvalue weighted by Crippen LogP contribution is 2.20. The van der Waals surface area contributed by atoms with E-state index in [1.165, 1.54) is 0 Å². The molecule has 0 aromatic carbocycles. The van der Waals surface area contributed by atoms with Crippen molar-refractivity contribution in [2.24, 2.45) is 0 Å². The molecule has 6 heteroatoms. The van der Waals surface area contributed by atoms with Crippen LogP contribution in [0.1, 0.15) is 16.3 Å². The zero-order chi connectivity index (χ0) is 9.42. The first-order valence-electron chi connectivity index (χ1n) is 4.06. The first-order chi connectivity index (χ1) is 6.20. The number of nitrogens with zero attached hydrogens (tertiary/aromatic N) is 2. The van der Waals surface area contributed by atoms with Crippen LogP contribution in [-0.2, 0) is 0 Å². The van der Waals surface area contributed by atoms with Gasteiger partial charge >= 0.3 is 0 Å². The van der Waals surface area contributed by atoms with Gasteiger partial charge in [-0.2, -0.15) is 0 Å². The van der Waals surface area contributed by atoms with Crippen molar-refractivity contribution < 1.29 is 4.79 Å². The van der Waals surface area contributed by atoms with E-state index in [0.717, 1.165) is 12.4 Å². The van der Waals surface area contributed by atoms with Crippen molar-refractivity contribution in [2.75, 3.05) is 18.4 Å². The molecule has 1 unspecified atom stereocenters. The van der Waals surface area contributed by atoms with E-state index in [1.54, 1.807) is 4.34 Å². The van der Waals surface area contributed by atoms with Crippen LogP contribution >= 0.6 is 9.39 Å². The van der Waals surface area contributed by atoms with Crippen LogP contribution in [0.25, 0.3) is 0 Å². The molecule has 0 spiro atoms. The molecule has 2 heterocycles. The summed E-state index contributed by atoms with van der Waals surface area (Å²) in [6.45, 7) is 3.22. The van der Waals surface area contributed by atoms with E-state index in [0.29, 0.717) is 18.1 Å². The van der Waals surface area contributed by atoms with Gasteiger partial charge in [-0.1, -0.05) is 0 Å². The Kier molecular flexibility index (Phi) is 1.96. The number of aryl methyl sites for hydroxylation is 1. The van der Waals surface area contributed by atoms with Crippen LogP contribution in [0.5, 0.6) is 0 Å². The molecule has 0 radical (unpaired) electrons. The lowest BCUT2D eigenvalue weighted by Gasteiger charge is -2.01. The highest BCUT2D eigenvalue weighted by atomic mass is 31.0. The summed E-state index contributed by atoms with van der Waals surface area (Å²) in [4.78, 5) is 15.7. The molecule has 1 amide bonds. The number of hydrogen-bond acceptors (Lipinski definition) is 3. The molecule has 1 aliphatic heterocycles. The third-order valence-corrected chi connectivity index (χ3v) is 2.64. The first-order valence-corrected chi connectivity index (χ1v) is 4.58. The van der Waals surface area contributed by atoms with E-state index in [4.69, 9.17) is 0 Å². The first kappa shape index (κ1) is 8.51. The molecule has 13 heavy (non-hydrogen) atoms. The van der Waals surface area contributed by atoms with Crippen LogP contribution in [0.3, 0.4) is 0 Å².